The molecule has 0 amide bonds. The Balaban J connectivity index is 1.50. The lowest BCUT2D eigenvalue weighted by molar-refractivity contribution is -0.660. The first-order chi connectivity index (χ1) is 19.2. The molecule has 0 N–H and O–H groups in total. The number of hydrogen-bond donors (Lipinski definition) is 0. The second-order valence-electron chi connectivity index (χ2n) is 12.1. The second-order valence-corrected chi connectivity index (χ2v) is 12.1. The summed E-state index contributed by atoms with van der Waals surface area (Å²) in [4.78, 5) is 0. The number of hydrogen-bond acceptors (Lipinski definition) is 1. The van der Waals surface area contributed by atoms with E-state index >= 15 is 4.39 Å². The highest BCUT2D eigenvalue weighted by atomic mass is 19.1. The molecular weight excluding hydrogens is 493 g/mol. The quantitative estimate of drug-likeness (QED) is 0.210. The predicted molar refractivity (Wildman–Crippen MR) is 162 cm³/mol. The summed E-state index contributed by atoms with van der Waals surface area (Å²) in [6.45, 7) is 11.1. The van der Waals surface area contributed by atoms with Gasteiger partial charge in [0.1, 0.15) is 24.0 Å². The summed E-state index contributed by atoms with van der Waals surface area (Å²) in [5.74, 6) is 0.133. The highest BCUT2D eigenvalue weighted by molar-refractivity contribution is 6.13. The van der Waals surface area contributed by atoms with Crippen LogP contribution in [0.2, 0.25) is 0 Å². The van der Waals surface area contributed by atoms with Gasteiger partial charge in [0.2, 0.25) is 5.69 Å². The van der Waals surface area contributed by atoms with Crippen LogP contribution >= 0.6 is 0 Å². The number of aryl methyl sites for hydroxylation is 2. The van der Waals surface area contributed by atoms with Crippen LogP contribution in [-0.4, -0.2) is 0 Å². The van der Waals surface area contributed by atoms with E-state index in [9.17, 15) is 0 Å². The van der Waals surface area contributed by atoms with Crippen LogP contribution in [0.5, 0.6) is 0 Å². The molecule has 198 valence electrons. The molecule has 0 saturated heterocycles. The Morgan fingerprint density at radius 2 is 1.48 bits per heavy atom. The summed E-state index contributed by atoms with van der Waals surface area (Å²) < 4.78 is 24.6. The lowest BCUT2D eigenvalue weighted by atomic mass is 9.82. The van der Waals surface area contributed by atoms with E-state index < -0.39 is 0 Å². The van der Waals surface area contributed by atoms with Crippen LogP contribution in [0.15, 0.2) is 89.5 Å². The third-order valence-electron chi connectivity index (χ3n) is 8.94. The molecule has 1 aliphatic carbocycles. The Morgan fingerprint density at radius 3 is 2.25 bits per heavy atom. The molecule has 2 heterocycles. The predicted octanol–water partition coefficient (Wildman–Crippen LogP) is 9.62. The third kappa shape index (κ3) is 3.43. The van der Waals surface area contributed by atoms with Crippen molar-refractivity contribution in [1.82, 2.24) is 0 Å². The van der Waals surface area contributed by atoms with Gasteiger partial charge in [0.05, 0.1) is 11.1 Å². The fourth-order valence-electron chi connectivity index (χ4n) is 6.63. The Morgan fingerprint density at radius 1 is 0.775 bits per heavy atom. The van der Waals surface area contributed by atoms with Crippen LogP contribution < -0.4 is 4.57 Å². The maximum atomic E-state index is 15.8. The van der Waals surface area contributed by atoms with Crippen molar-refractivity contribution in [2.45, 2.75) is 46.0 Å². The van der Waals surface area contributed by atoms with Crippen molar-refractivity contribution >= 4 is 21.9 Å². The van der Waals surface area contributed by atoms with Gasteiger partial charge in [0, 0.05) is 28.3 Å². The third-order valence-corrected chi connectivity index (χ3v) is 8.94. The zero-order chi connectivity index (χ0) is 27.9. The number of pyridine rings is 1. The van der Waals surface area contributed by atoms with E-state index in [0.717, 1.165) is 38.7 Å². The molecule has 0 radical (unpaired) electrons. The van der Waals surface area contributed by atoms with Crippen molar-refractivity contribution in [2.75, 3.05) is 0 Å². The van der Waals surface area contributed by atoms with Crippen LogP contribution in [0, 0.1) is 12.7 Å². The topological polar surface area (TPSA) is 17.0 Å². The fourth-order valence-corrected chi connectivity index (χ4v) is 6.63. The van der Waals surface area contributed by atoms with E-state index in [-0.39, 0.29) is 11.2 Å². The van der Waals surface area contributed by atoms with E-state index in [1.165, 1.54) is 27.8 Å². The van der Waals surface area contributed by atoms with Crippen molar-refractivity contribution in [1.29, 1.82) is 0 Å². The number of rotatable bonds is 3. The minimum Gasteiger partial charge on any atom is -0.454 e. The SMILES string of the molecule is Cc1ccc2c(oc3c(-c4ccc5c(c4)-c4ccccc4C5(C)C)c(F)ccc32)c1-c1cc(C(C)C)cc[n+]1C. The molecule has 2 nitrogen and oxygen atoms in total. The van der Waals surface area contributed by atoms with Crippen molar-refractivity contribution in [2.24, 2.45) is 7.05 Å². The van der Waals surface area contributed by atoms with Gasteiger partial charge in [-0.1, -0.05) is 76.2 Å². The maximum Gasteiger partial charge on any atom is 0.216 e. The van der Waals surface area contributed by atoms with Crippen LogP contribution in [0.1, 0.15) is 55.9 Å². The average Bonchev–Trinajstić information content (AvgIpc) is 3.41. The molecule has 0 spiro atoms. The largest absolute Gasteiger partial charge is 0.454 e. The lowest BCUT2D eigenvalue weighted by Crippen LogP contribution is -2.31. The first kappa shape index (κ1) is 24.8. The summed E-state index contributed by atoms with van der Waals surface area (Å²) in [5, 5.41) is 1.93. The van der Waals surface area contributed by atoms with Crippen LogP contribution in [-0.2, 0) is 12.5 Å². The average molecular weight is 527 g/mol. The maximum absolute atomic E-state index is 15.8. The zero-order valence-corrected chi connectivity index (χ0v) is 23.9. The molecule has 0 fully saturated rings. The highest BCUT2D eigenvalue weighted by Crippen LogP contribution is 2.50. The number of fused-ring (bicyclic) bond motifs is 6. The molecule has 7 rings (SSSR count). The van der Waals surface area contributed by atoms with Crippen LogP contribution in [0.25, 0.3) is 55.4 Å². The molecule has 0 aliphatic heterocycles. The summed E-state index contributed by atoms with van der Waals surface area (Å²) in [7, 11) is 2.06. The Kier molecular flexibility index (Phi) is 5.34. The molecule has 0 saturated carbocycles. The van der Waals surface area contributed by atoms with Gasteiger partial charge >= 0.3 is 0 Å². The number of halogens is 1. The number of aromatic nitrogens is 1. The van der Waals surface area contributed by atoms with E-state index in [1.807, 2.05) is 6.07 Å². The summed E-state index contributed by atoms with van der Waals surface area (Å²) >= 11 is 0. The first-order valence-electron chi connectivity index (χ1n) is 14.1. The highest BCUT2D eigenvalue weighted by Gasteiger charge is 2.35. The van der Waals surface area contributed by atoms with Crippen LogP contribution in [0.4, 0.5) is 4.39 Å². The van der Waals surface area contributed by atoms with Gasteiger partial charge in [0.15, 0.2) is 6.20 Å². The van der Waals surface area contributed by atoms with Gasteiger partial charge in [0.25, 0.3) is 0 Å². The second kappa shape index (κ2) is 8.63. The molecular formula is C37H33FNO+. The number of benzene rings is 4. The van der Waals surface area contributed by atoms with Gasteiger partial charge in [-0.25, -0.2) is 8.96 Å². The molecule has 0 atom stereocenters. The van der Waals surface area contributed by atoms with Gasteiger partial charge < -0.3 is 4.42 Å². The molecule has 40 heavy (non-hydrogen) atoms. The van der Waals surface area contributed by atoms with E-state index in [4.69, 9.17) is 4.42 Å². The molecule has 2 aromatic heterocycles. The van der Waals surface area contributed by atoms with E-state index in [1.54, 1.807) is 6.07 Å². The lowest BCUT2D eigenvalue weighted by Gasteiger charge is -2.21. The number of furan rings is 1. The normalized spacial score (nSPS) is 13.8. The van der Waals surface area contributed by atoms with Crippen molar-refractivity contribution < 1.29 is 13.4 Å². The standard InChI is InChI=1S/C37H33FNO/c1-21(2)23-17-18-39(6)32(20-23)33-22(3)11-13-26-27-14-16-31(38)34(36(27)40-35(26)33)24-12-15-30-28(19-24)25-9-7-8-10-29(25)37(30,4)5/h7-21H,1-6H3/q+1. The van der Waals surface area contributed by atoms with Crippen molar-refractivity contribution in [3.8, 4) is 33.5 Å². The minimum absolute atomic E-state index is 0.0964. The Labute approximate surface area is 234 Å². The smallest absolute Gasteiger partial charge is 0.216 e. The summed E-state index contributed by atoms with van der Waals surface area (Å²) in [6, 6.07) is 27.0. The summed E-state index contributed by atoms with van der Waals surface area (Å²) in [5.41, 5.74) is 12.1. The summed E-state index contributed by atoms with van der Waals surface area (Å²) in [6.07, 6.45) is 2.11. The molecule has 0 bridgehead atoms. The minimum atomic E-state index is -0.275. The fraction of sp³-hybridized carbons (Fsp3) is 0.216. The monoisotopic (exact) mass is 526 g/mol. The molecule has 4 aromatic carbocycles. The van der Waals surface area contributed by atoms with Gasteiger partial charge in [-0.05, 0) is 70.0 Å². The first-order valence-corrected chi connectivity index (χ1v) is 14.1. The van der Waals surface area contributed by atoms with E-state index in [0.29, 0.717) is 17.1 Å². The van der Waals surface area contributed by atoms with Crippen molar-refractivity contribution in [3.05, 3.63) is 113 Å². The van der Waals surface area contributed by atoms with Gasteiger partial charge in [-0.2, -0.15) is 0 Å². The van der Waals surface area contributed by atoms with E-state index in [2.05, 4.69) is 119 Å². The molecule has 1 aliphatic rings. The molecule has 0 unspecified atom stereocenters. The Hall–Kier alpha value is -4.24. The van der Waals surface area contributed by atoms with Gasteiger partial charge in [-0.15, -0.1) is 0 Å². The number of nitrogens with zero attached hydrogens (tertiary/aromatic N) is 1. The molecule has 3 heteroatoms. The van der Waals surface area contributed by atoms with Gasteiger partial charge in [-0.3, -0.25) is 0 Å². The van der Waals surface area contributed by atoms with Crippen molar-refractivity contribution in [3.63, 3.8) is 0 Å². The van der Waals surface area contributed by atoms with Crippen LogP contribution in [0.3, 0.4) is 0 Å². The Bertz CT molecular complexity index is 1990. The zero-order valence-electron chi connectivity index (χ0n) is 23.9. The molecule has 6 aromatic rings.